The van der Waals surface area contributed by atoms with Gasteiger partial charge in [0.15, 0.2) is 0 Å². The first-order valence-corrected chi connectivity index (χ1v) is 7.15. The lowest BCUT2D eigenvalue weighted by molar-refractivity contribution is -0.115. The van der Waals surface area contributed by atoms with Crippen molar-refractivity contribution < 1.29 is 18.3 Å². The van der Waals surface area contributed by atoms with Crippen LogP contribution in [0.15, 0.2) is 24.3 Å². The smallest absolute Gasteiger partial charge is 0.225 e. The van der Waals surface area contributed by atoms with Crippen LogP contribution >= 0.6 is 0 Å². The summed E-state index contributed by atoms with van der Waals surface area (Å²) >= 11 is 0. The lowest BCUT2D eigenvalue weighted by Crippen LogP contribution is -2.17. The molecule has 0 heterocycles. The highest BCUT2D eigenvalue weighted by molar-refractivity contribution is 7.90. The van der Waals surface area contributed by atoms with Crippen molar-refractivity contribution in [2.75, 3.05) is 17.3 Å². The van der Waals surface area contributed by atoms with Crippen LogP contribution in [0.25, 0.3) is 0 Å². The second-order valence-corrected chi connectivity index (χ2v) is 6.00. The van der Waals surface area contributed by atoms with Crippen LogP contribution in [0.3, 0.4) is 0 Å². The molecule has 0 aliphatic heterocycles. The zero-order chi connectivity index (χ0) is 12.9. The number of carbonyl (C=O) groups excluding carboxylic acids is 1. The Hall–Kier alpha value is -1.40. The number of aliphatic hydroxyl groups excluding tert-OH is 1. The Morgan fingerprint density at radius 3 is 2.59 bits per heavy atom. The van der Waals surface area contributed by atoms with Crippen molar-refractivity contribution in [2.45, 2.75) is 13.0 Å². The van der Waals surface area contributed by atoms with Gasteiger partial charge in [-0.15, -0.1) is 0 Å². The third-order valence-electron chi connectivity index (χ3n) is 2.16. The molecule has 5 nitrogen and oxygen atoms in total. The van der Waals surface area contributed by atoms with Crippen molar-refractivity contribution in [3.8, 4) is 0 Å². The van der Waals surface area contributed by atoms with E-state index in [0.717, 1.165) is 6.26 Å². The fraction of sp³-hybridized carbons (Fsp3) is 0.364. The van der Waals surface area contributed by atoms with E-state index >= 15 is 0 Å². The van der Waals surface area contributed by atoms with Gasteiger partial charge >= 0.3 is 0 Å². The minimum absolute atomic E-state index is 0.0847. The zero-order valence-corrected chi connectivity index (χ0v) is 10.3. The second kappa shape index (κ2) is 5.79. The van der Waals surface area contributed by atoms with Crippen molar-refractivity contribution >= 4 is 21.4 Å². The molecule has 1 rings (SSSR count). The van der Waals surface area contributed by atoms with Crippen LogP contribution in [0.1, 0.15) is 12.0 Å². The standard InChI is InChI=1S/C11H15NO4S/c1-17(15,16)7-6-11(14)12-10-5-3-2-4-9(10)8-13/h2-5,13H,6-8H2,1H3,(H,12,14). The van der Waals surface area contributed by atoms with Crippen LogP contribution < -0.4 is 5.32 Å². The maximum absolute atomic E-state index is 11.5. The average molecular weight is 257 g/mol. The molecule has 0 unspecified atom stereocenters. The van der Waals surface area contributed by atoms with Gasteiger partial charge in [0.25, 0.3) is 0 Å². The number of benzene rings is 1. The number of anilines is 1. The SMILES string of the molecule is CS(=O)(=O)CCC(=O)Nc1ccccc1CO. The van der Waals surface area contributed by atoms with E-state index in [1.807, 2.05) is 0 Å². The monoisotopic (exact) mass is 257 g/mol. The van der Waals surface area contributed by atoms with E-state index in [1.54, 1.807) is 24.3 Å². The molecule has 0 fully saturated rings. The molecule has 2 N–H and O–H groups in total. The number of rotatable bonds is 5. The summed E-state index contributed by atoms with van der Waals surface area (Å²) in [4.78, 5) is 11.5. The summed E-state index contributed by atoms with van der Waals surface area (Å²) < 4.78 is 21.8. The number of para-hydroxylation sites is 1. The average Bonchev–Trinajstić information content (AvgIpc) is 2.26. The highest BCUT2D eigenvalue weighted by atomic mass is 32.2. The van der Waals surface area contributed by atoms with Gasteiger partial charge in [-0.3, -0.25) is 4.79 Å². The van der Waals surface area contributed by atoms with Crippen molar-refractivity contribution in [1.29, 1.82) is 0 Å². The van der Waals surface area contributed by atoms with Crippen molar-refractivity contribution in [3.05, 3.63) is 29.8 Å². The van der Waals surface area contributed by atoms with Crippen LogP contribution in [0.2, 0.25) is 0 Å². The Labute approximate surface area is 100 Å². The maximum atomic E-state index is 11.5. The number of hydrogen-bond acceptors (Lipinski definition) is 4. The third kappa shape index (κ3) is 4.97. The topological polar surface area (TPSA) is 83.5 Å². The Morgan fingerprint density at radius 2 is 2.00 bits per heavy atom. The minimum atomic E-state index is -3.14. The first-order valence-electron chi connectivity index (χ1n) is 5.09. The van der Waals surface area contributed by atoms with Crippen LogP contribution in [0.5, 0.6) is 0 Å². The lowest BCUT2D eigenvalue weighted by Gasteiger charge is -2.08. The molecule has 0 aromatic heterocycles. The van der Waals surface area contributed by atoms with Gasteiger partial charge in [0, 0.05) is 23.9 Å². The van der Waals surface area contributed by atoms with Gasteiger partial charge in [-0.1, -0.05) is 18.2 Å². The molecular formula is C11H15NO4S. The third-order valence-corrected chi connectivity index (χ3v) is 3.11. The van der Waals surface area contributed by atoms with Crippen LogP contribution in [0, 0.1) is 0 Å². The zero-order valence-electron chi connectivity index (χ0n) is 9.51. The van der Waals surface area contributed by atoms with E-state index in [0.29, 0.717) is 11.3 Å². The molecular weight excluding hydrogens is 242 g/mol. The normalized spacial score (nSPS) is 11.2. The molecule has 0 spiro atoms. The van der Waals surface area contributed by atoms with Gasteiger partial charge in [-0.25, -0.2) is 8.42 Å². The minimum Gasteiger partial charge on any atom is -0.392 e. The summed E-state index contributed by atoms with van der Waals surface area (Å²) in [6.07, 6.45) is 1.00. The molecule has 1 aromatic carbocycles. The van der Waals surface area contributed by atoms with Gasteiger partial charge < -0.3 is 10.4 Å². The van der Waals surface area contributed by atoms with E-state index < -0.39 is 9.84 Å². The van der Waals surface area contributed by atoms with E-state index in [-0.39, 0.29) is 24.7 Å². The fourth-order valence-electron chi connectivity index (χ4n) is 1.27. The quantitative estimate of drug-likeness (QED) is 0.807. The molecule has 0 saturated carbocycles. The summed E-state index contributed by atoms with van der Waals surface area (Å²) in [5, 5.41) is 11.6. The molecule has 0 aliphatic carbocycles. The number of aliphatic hydroxyl groups is 1. The summed E-state index contributed by atoms with van der Waals surface area (Å²) in [7, 11) is -3.14. The van der Waals surface area contributed by atoms with E-state index in [9.17, 15) is 13.2 Å². The molecule has 6 heteroatoms. The van der Waals surface area contributed by atoms with Gasteiger partial charge in [-0.05, 0) is 6.07 Å². The van der Waals surface area contributed by atoms with Gasteiger partial charge in [0.2, 0.25) is 5.91 Å². The highest BCUT2D eigenvalue weighted by Gasteiger charge is 2.09. The predicted molar refractivity (Wildman–Crippen MR) is 65.3 cm³/mol. The van der Waals surface area contributed by atoms with Crippen LogP contribution in [0.4, 0.5) is 5.69 Å². The van der Waals surface area contributed by atoms with Crippen molar-refractivity contribution in [3.63, 3.8) is 0 Å². The second-order valence-electron chi connectivity index (χ2n) is 3.74. The number of amides is 1. The number of sulfone groups is 1. The number of hydrogen-bond donors (Lipinski definition) is 2. The fourth-order valence-corrected chi connectivity index (χ4v) is 1.83. The number of carbonyl (C=O) groups is 1. The van der Waals surface area contributed by atoms with Gasteiger partial charge in [0.1, 0.15) is 9.84 Å². The maximum Gasteiger partial charge on any atom is 0.225 e. The summed E-state index contributed by atoms with van der Waals surface area (Å²) in [5.41, 5.74) is 1.11. The molecule has 0 radical (unpaired) electrons. The number of nitrogens with one attached hydrogen (secondary N) is 1. The summed E-state index contributed by atoms with van der Waals surface area (Å²) in [6, 6.07) is 6.82. The van der Waals surface area contributed by atoms with Gasteiger partial charge in [0.05, 0.1) is 12.4 Å². The summed E-state index contributed by atoms with van der Waals surface area (Å²) in [6.45, 7) is -0.178. The predicted octanol–water partition coefficient (Wildman–Crippen LogP) is 0.552. The molecule has 17 heavy (non-hydrogen) atoms. The lowest BCUT2D eigenvalue weighted by atomic mass is 10.2. The first kappa shape index (κ1) is 13.7. The van der Waals surface area contributed by atoms with Crippen LogP contribution in [-0.4, -0.2) is 31.4 Å². The van der Waals surface area contributed by atoms with E-state index in [1.165, 1.54) is 0 Å². The molecule has 0 aliphatic rings. The molecule has 1 amide bonds. The molecule has 94 valence electrons. The Bertz CT molecular complexity index is 496. The Morgan fingerprint density at radius 1 is 1.35 bits per heavy atom. The van der Waals surface area contributed by atoms with Crippen LogP contribution in [-0.2, 0) is 21.2 Å². The van der Waals surface area contributed by atoms with E-state index in [4.69, 9.17) is 5.11 Å². The molecule has 0 atom stereocenters. The van der Waals surface area contributed by atoms with Gasteiger partial charge in [-0.2, -0.15) is 0 Å². The van der Waals surface area contributed by atoms with Crippen molar-refractivity contribution in [2.24, 2.45) is 0 Å². The Balaban J connectivity index is 2.62. The highest BCUT2D eigenvalue weighted by Crippen LogP contribution is 2.14. The molecule has 0 saturated heterocycles. The largest absolute Gasteiger partial charge is 0.392 e. The van der Waals surface area contributed by atoms with Crippen molar-refractivity contribution in [1.82, 2.24) is 0 Å². The first-order chi connectivity index (χ1) is 7.92. The Kier molecular flexibility index (Phi) is 4.65. The molecule has 1 aromatic rings. The van der Waals surface area contributed by atoms with E-state index in [2.05, 4.69) is 5.32 Å². The summed E-state index contributed by atoms with van der Waals surface area (Å²) in [5.74, 6) is -0.559. The molecule has 0 bridgehead atoms.